The van der Waals surface area contributed by atoms with Crippen molar-refractivity contribution in [3.05, 3.63) is 87.9 Å². The molecule has 0 spiro atoms. The summed E-state index contributed by atoms with van der Waals surface area (Å²) in [5, 5.41) is 8.29. The molecule has 0 amide bonds. The highest BCUT2D eigenvalue weighted by Gasteiger charge is 2.37. The average Bonchev–Trinajstić information content (AvgIpc) is 3.32. The smallest absolute Gasteiger partial charge is 0.207 e. The van der Waals surface area contributed by atoms with Crippen LogP contribution in [0, 0.1) is 12.7 Å². The topological polar surface area (TPSA) is 49.7 Å². The minimum absolute atomic E-state index is 0.171. The average molecular weight is 401 g/mol. The monoisotopic (exact) mass is 400 g/mol. The van der Waals surface area contributed by atoms with Crippen LogP contribution in [-0.2, 0) is 10.0 Å². The molecule has 3 aromatic rings. The van der Waals surface area contributed by atoms with Gasteiger partial charge in [0, 0.05) is 12.0 Å². The number of thiophene rings is 1. The van der Waals surface area contributed by atoms with E-state index < -0.39 is 21.9 Å². The maximum absolute atomic E-state index is 13.8. The van der Waals surface area contributed by atoms with E-state index in [0.29, 0.717) is 17.7 Å². The van der Waals surface area contributed by atoms with E-state index in [9.17, 15) is 12.8 Å². The lowest BCUT2D eigenvalue weighted by Crippen LogP contribution is -2.27. The van der Waals surface area contributed by atoms with Gasteiger partial charge in [-0.25, -0.2) is 4.39 Å². The van der Waals surface area contributed by atoms with Gasteiger partial charge in [0.2, 0.25) is 0 Å². The quantitative estimate of drug-likeness (QED) is 0.635. The number of rotatable bonds is 4. The fraction of sp³-hybridized carbons (Fsp3) is 0.150. The van der Waals surface area contributed by atoms with Crippen LogP contribution in [0.4, 0.5) is 4.39 Å². The molecule has 1 atom stereocenters. The standard InChI is InChI=1S/C20H17FN2O2S2/c1-14-5-7-18(8-6-14)27(24,25)23-20(15-3-2-4-17(21)11-15)12-19(22-23)16-9-10-26-13-16/h2-11,13,20H,12H2,1H3. The van der Waals surface area contributed by atoms with Crippen LogP contribution < -0.4 is 0 Å². The van der Waals surface area contributed by atoms with Gasteiger partial charge in [0.15, 0.2) is 0 Å². The summed E-state index contributed by atoms with van der Waals surface area (Å²) in [6.07, 6.45) is 0.394. The Morgan fingerprint density at radius 2 is 1.93 bits per heavy atom. The van der Waals surface area contributed by atoms with E-state index in [0.717, 1.165) is 15.5 Å². The molecule has 27 heavy (non-hydrogen) atoms. The Morgan fingerprint density at radius 3 is 2.59 bits per heavy atom. The van der Waals surface area contributed by atoms with Crippen LogP contribution in [0.1, 0.15) is 29.2 Å². The summed E-state index contributed by atoms with van der Waals surface area (Å²) in [6, 6.07) is 14.0. The molecule has 4 nitrogen and oxygen atoms in total. The number of halogens is 1. The molecule has 0 saturated carbocycles. The molecule has 2 aromatic carbocycles. The highest BCUT2D eigenvalue weighted by atomic mass is 32.2. The van der Waals surface area contributed by atoms with Crippen LogP contribution in [0.25, 0.3) is 0 Å². The lowest BCUT2D eigenvalue weighted by atomic mass is 10.0. The number of hydrazone groups is 1. The third-order valence-corrected chi connectivity index (χ3v) is 6.91. The van der Waals surface area contributed by atoms with Crippen molar-refractivity contribution in [3.8, 4) is 0 Å². The predicted octanol–water partition coefficient (Wildman–Crippen LogP) is 4.74. The molecule has 2 heterocycles. The normalized spacial score (nSPS) is 17.2. The molecule has 0 saturated heterocycles. The van der Waals surface area contributed by atoms with E-state index in [1.165, 1.54) is 23.5 Å². The van der Waals surface area contributed by atoms with Crippen molar-refractivity contribution < 1.29 is 12.8 Å². The zero-order valence-corrected chi connectivity index (χ0v) is 16.2. The molecule has 7 heteroatoms. The van der Waals surface area contributed by atoms with Gasteiger partial charge in [-0.2, -0.15) is 29.3 Å². The van der Waals surface area contributed by atoms with Crippen molar-refractivity contribution in [2.24, 2.45) is 5.10 Å². The second-order valence-corrected chi connectivity index (χ2v) is 9.00. The van der Waals surface area contributed by atoms with Crippen molar-refractivity contribution in [3.63, 3.8) is 0 Å². The summed E-state index contributed by atoms with van der Waals surface area (Å²) in [4.78, 5) is 0.171. The molecule has 0 bridgehead atoms. The third-order valence-electron chi connectivity index (χ3n) is 4.53. The molecular formula is C20H17FN2O2S2. The Hall–Kier alpha value is -2.51. The van der Waals surface area contributed by atoms with E-state index >= 15 is 0 Å². The van der Waals surface area contributed by atoms with E-state index in [4.69, 9.17) is 0 Å². The Morgan fingerprint density at radius 1 is 1.15 bits per heavy atom. The lowest BCUT2D eigenvalue weighted by Gasteiger charge is -2.23. The number of sulfonamides is 1. The van der Waals surface area contributed by atoms with Gasteiger partial charge in [-0.3, -0.25) is 0 Å². The second kappa shape index (κ2) is 6.90. The van der Waals surface area contributed by atoms with Crippen LogP contribution in [0.2, 0.25) is 0 Å². The van der Waals surface area contributed by atoms with E-state index in [1.807, 2.05) is 23.8 Å². The molecule has 138 valence electrons. The summed E-state index contributed by atoms with van der Waals surface area (Å²) in [5.74, 6) is -0.399. The summed E-state index contributed by atoms with van der Waals surface area (Å²) < 4.78 is 41.4. The first-order chi connectivity index (χ1) is 12.9. The molecule has 4 rings (SSSR count). The van der Waals surface area contributed by atoms with Crippen molar-refractivity contribution in [2.75, 3.05) is 0 Å². The van der Waals surface area contributed by atoms with Crippen molar-refractivity contribution >= 4 is 27.1 Å². The molecule has 0 fully saturated rings. The zero-order chi connectivity index (χ0) is 19.0. The van der Waals surface area contributed by atoms with Crippen LogP contribution in [0.3, 0.4) is 0 Å². The van der Waals surface area contributed by atoms with Gasteiger partial charge in [0.1, 0.15) is 5.82 Å². The minimum Gasteiger partial charge on any atom is -0.207 e. The number of nitrogens with zero attached hydrogens (tertiary/aromatic N) is 2. The fourth-order valence-corrected chi connectivity index (χ4v) is 5.19. The first-order valence-corrected chi connectivity index (χ1v) is 10.8. The van der Waals surface area contributed by atoms with E-state index in [-0.39, 0.29) is 4.90 Å². The first kappa shape index (κ1) is 17.9. The van der Waals surface area contributed by atoms with Crippen molar-refractivity contribution in [2.45, 2.75) is 24.3 Å². The Labute approximate surface area is 161 Å². The van der Waals surface area contributed by atoms with E-state index in [1.54, 1.807) is 36.4 Å². The van der Waals surface area contributed by atoms with Gasteiger partial charge in [0.05, 0.1) is 16.6 Å². The van der Waals surface area contributed by atoms with Crippen molar-refractivity contribution in [1.29, 1.82) is 0 Å². The SMILES string of the molecule is Cc1ccc(S(=O)(=O)N2N=C(c3ccsc3)CC2c2cccc(F)c2)cc1. The van der Waals surface area contributed by atoms with Gasteiger partial charge in [-0.05, 0) is 53.6 Å². The van der Waals surface area contributed by atoms with Gasteiger partial charge in [0.25, 0.3) is 10.0 Å². The number of aryl methyl sites for hydroxylation is 1. The molecule has 0 aliphatic carbocycles. The van der Waals surface area contributed by atoms with Crippen LogP contribution in [-0.4, -0.2) is 18.5 Å². The molecule has 1 unspecified atom stereocenters. The number of hydrogen-bond donors (Lipinski definition) is 0. The predicted molar refractivity (Wildman–Crippen MR) is 105 cm³/mol. The van der Waals surface area contributed by atoms with Crippen LogP contribution in [0.15, 0.2) is 75.4 Å². The summed E-state index contributed by atoms with van der Waals surface area (Å²) in [7, 11) is -3.86. The lowest BCUT2D eigenvalue weighted by molar-refractivity contribution is 0.370. The zero-order valence-electron chi connectivity index (χ0n) is 14.5. The van der Waals surface area contributed by atoms with Crippen LogP contribution in [0.5, 0.6) is 0 Å². The van der Waals surface area contributed by atoms with Crippen molar-refractivity contribution in [1.82, 2.24) is 4.41 Å². The number of benzene rings is 2. The number of hydrogen-bond acceptors (Lipinski definition) is 4. The Kier molecular flexibility index (Phi) is 4.57. The molecule has 0 radical (unpaired) electrons. The highest BCUT2D eigenvalue weighted by Crippen LogP contribution is 2.37. The maximum atomic E-state index is 13.8. The molecule has 1 aliphatic rings. The van der Waals surface area contributed by atoms with Crippen LogP contribution >= 0.6 is 11.3 Å². The van der Waals surface area contributed by atoms with Gasteiger partial charge in [-0.1, -0.05) is 29.8 Å². The summed E-state index contributed by atoms with van der Waals surface area (Å²) >= 11 is 1.52. The largest absolute Gasteiger partial charge is 0.279 e. The molecule has 1 aromatic heterocycles. The minimum atomic E-state index is -3.86. The molecular weight excluding hydrogens is 383 g/mol. The summed E-state index contributed by atoms with van der Waals surface area (Å²) in [5.41, 5.74) is 3.13. The molecule has 1 aliphatic heterocycles. The Balaban J connectivity index is 1.80. The summed E-state index contributed by atoms with van der Waals surface area (Å²) in [6.45, 7) is 1.90. The van der Waals surface area contributed by atoms with Gasteiger partial charge < -0.3 is 0 Å². The highest BCUT2D eigenvalue weighted by molar-refractivity contribution is 7.89. The maximum Gasteiger partial charge on any atom is 0.279 e. The Bertz CT molecular complexity index is 1090. The van der Waals surface area contributed by atoms with E-state index in [2.05, 4.69) is 5.10 Å². The third kappa shape index (κ3) is 3.40. The fourth-order valence-electron chi connectivity index (χ4n) is 3.09. The first-order valence-electron chi connectivity index (χ1n) is 8.42. The van der Waals surface area contributed by atoms with Gasteiger partial charge >= 0.3 is 0 Å². The molecule has 0 N–H and O–H groups in total. The van der Waals surface area contributed by atoms with Gasteiger partial charge in [-0.15, -0.1) is 0 Å². The second-order valence-electron chi connectivity index (χ2n) is 6.42.